The Labute approximate surface area is 127 Å². The minimum absolute atomic E-state index is 0.0395. The van der Waals surface area contributed by atoms with Crippen LogP contribution in [0.1, 0.15) is 21.5 Å². The zero-order valence-corrected chi connectivity index (χ0v) is 12.4. The van der Waals surface area contributed by atoms with Crippen LogP contribution in [0.3, 0.4) is 0 Å². The first-order chi connectivity index (χ1) is 10.2. The predicted molar refractivity (Wildman–Crippen MR) is 83.2 cm³/mol. The smallest absolute Gasteiger partial charge is 0.193 e. The Balaban J connectivity index is 1.97. The average Bonchev–Trinajstić information content (AvgIpc) is 2.63. The first kappa shape index (κ1) is 13.9. The molecule has 0 aromatic heterocycles. The quantitative estimate of drug-likeness (QED) is 0.849. The fourth-order valence-corrected chi connectivity index (χ4v) is 2.70. The second kappa shape index (κ2) is 5.74. The van der Waals surface area contributed by atoms with Gasteiger partial charge < -0.3 is 4.74 Å². The summed E-state index contributed by atoms with van der Waals surface area (Å²) in [6.45, 7) is 0. The molecule has 106 valence electrons. The van der Waals surface area contributed by atoms with E-state index in [1.807, 2.05) is 30.3 Å². The minimum atomic E-state index is 0.0395. The van der Waals surface area contributed by atoms with Gasteiger partial charge in [0.05, 0.1) is 5.56 Å². The van der Waals surface area contributed by atoms with E-state index in [1.54, 1.807) is 18.4 Å². The molecule has 2 aromatic rings. The molecular weight excluding hydrogens is 284 g/mol. The molecule has 0 bridgehead atoms. The Kier molecular flexibility index (Phi) is 3.80. The van der Waals surface area contributed by atoms with Gasteiger partial charge in [0, 0.05) is 18.4 Å². The molecule has 0 atom stereocenters. The third-order valence-electron chi connectivity index (χ3n) is 3.46. The van der Waals surface area contributed by atoms with Gasteiger partial charge in [0.25, 0.3) is 0 Å². The second-order valence-corrected chi connectivity index (χ2v) is 5.76. The first-order valence-corrected chi connectivity index (χ1v) is 7.88. The molecule has 1 heterocycles. The molecule has 0 N–H and O–H groups in total. The fourth-order valence-electron chi connectivity index (χ4n) is 2.39. The maximum atomic E-state index is 12.3. The topological polar surface area (TPSA) is 43.4 Å². The van der Waals surface area contributed by atoms with Gasteiger partial charge >= 0.3 is 0 Å². The molecule has 1 aliphatic rings. The minimum Gasteiger partial charge on any atom is -0.456 e. The van der Waals surface area contributed by atoms with Crippen molar-refractivity contribution >= 4 is 22.7 Å². The molecule has 0 saturated carbocycles. The lowest BCUT2D eigenvalue weighted by Gasteiger charge is -2.09. The summed E-state index contributed by atoms with van der Waals surface area (Å²) in [4.78, 5) is 23.8. The normalized spacial score (nSPS) is 12.9. The van der Waals surface area contributed by atoms with Crippen molar-refractivity contribution in [3.8, 4) is 11.5 Å². The van der Waals surface area contributed by atoms with Crippen LogP contribution < -0.4 is 4.74 Å². The van der Waals surface area contributed by atoms with Gasteiger partial charge in [0.1, 0.15) is 11.5 Å². The van der Waals surface area contributed by atoms with Gasteiger partial charge in [0.15, 0.2) is 10.9 Å². The van der Waals surface area contributed by atoms with Crippen LogP contribution in [-0.2, 0) is 17.6 Å². The van der Waals surface area contributed by atoms with E-state index >= 15 is 0 Å². The van der Waals surface area contributed by atoms with Crippen LogP contribution in [0.25, 0.3) is 0 Å². The van der Waals surface area contributed by atoms with E-state index in [0.717, 1.165) is 11.1 Å². The van der Waals surface area contributed by atoms with Crippen LogP contribution in [0.4, 0.5) is 0 Å². The molecule has 0 radical (unpaired) electrons. The van der Waals surface area contributed by atoms with E-state index in [-0.39, 0.29) is 10.9 Å². The summed E-state index contributed by atoms with van der Waals surface area (Å²) in [7, 11) is 0. The van der Waals surface area contributed by atoms with Crippen molar-refractivity contribution < 1.29 is 14.3 Å². The molecule has 1 aliphatic heterocycles. The highest BCUT2D eigenvalue weighted by molar-refractivity contribution is 8.13. The Morgan fingerprint density at radius 3 is 2.81 bits per heavy atom. The van der Waals surface area contributed by atoms with Crippen molar-refractivity contribution in [1.82, 2.24) is 0 Å². The zero-order valence-electron chi connectivity index (χ0n) is 11.6. The van der Waals surface area contributed by atoms with Gasteiger partial charge in [-0.05, 0) is 30.0 Å². The number of ether oxygens (including phenoxy) is 1. The molecule has 0 spiro atoms. The number of benzene rings is 2. The lowest BCUT2D eigenvalue weighted by molar-refractivity contribution is -0.110. The van der Waals surface area contributed by atoms with Crippen LogP contribution in [0, 0.1) is 0 Å². The molecule has 4 heteroatoms. The number of para-hydroxylation sites is 1. The highest BCUT2D eigenvalue weighted by atomic mass is 32.2. The van der Waals surface area contributed by atoms with E-state index in [0.29, 0.717) is 29.9 Å². The second-order valence-electron chi connectivity index (χ2n) is 4.89. The molecule has 0 saturated heterocycles. The van der Waals surface area contributed by atoms with Gasteiger partial charge in [-0.15, -0.1) is 0 Å². The number of carbonyl (C=O) groups is 2. The van der Waals surface area contributed by atoms with E-state index in [2.05, 4.69) is 0 Å². The SMILES string of the molecule is CSC(=O)Cc1ccc2c(c1)CC(=O)c1ccccc1O2. The van der Waals surface area contributed by atoms with E-state index in [9.17, 15) is 9.59 Å². The summed E-state index contributed by atoms with van der Waals surface area (Å²) < 4.78 is 5.85. The lowest BCUT2D eigenvalue weighted by atomic mass is 10.0. The molecule has 21 heavy (non-hydrogen) atoms. The summed E-state index contributed by atoms with van der Waals surface area (Å²) in [5, 5.41) is 0.110. The van der Waals surface area contributed by atoms with E-state index < -0.39 is 0 Å². The van der Waals surface area contributed by atoms with Crippen molar-refractivity contribution in [3.63, 3.8) is 0 Å². The van der Waals surface area contributed by atoms with Gasteiger partial charge in [-0.1, -0.05) is 36.0 Å². The van der Waals surface area contributed by atoms with Gasteiger partial charge in [0.2, 0.25) is 0 Å². The number of fused-ring (bicyclic) bond motifs is 2. The molecule has 3 nitrogen and oxygen atoms in total. The zero-order chi connectivity index (χ0) is 14.8. The number of thioether (sulfide) groups is 1. The van der Waals surface area contributed by atoms with Gasteiger partial charge in [-0.3, -0.25) is 9.59 Å². The monoisotopic (exact) mass is 298 g/mol. The largest absolute Gasteiger partial charge is 0.456 e. The van der Waals surface area contributed by atoms with Crippen LogP contribution in [0.15, 0.2) is 42.5 Å². The summed E-state index contributed by atoms with van der Waals surface area (Å²) in [5.41, 5.74) is 2.36. The number of Topliss-reactive ketones (excluding diaryl/α,β-unsaturated/α-hetero) is 1. The standard InChI is InChI=1S/C17H14O3S/c1-21-17(19)9-11-6-7-15-12(8-11)10-14(18)13-4-2-3-5-16(13)20-15/h2-8H,9-10H2,1H3. The van der Waals surface area contributed by atoms with Crippen molar-refractivity contribution in [2.45, 2.75) is 12.8 Å². The summed E-state index contributed by atoms with van der Waals surface area (Å²) in [6, 6.07) is 12.9. The summed E-state index contributed by atoms with van der Waals surface area (Å²) >= 11 is 1.21. The highest BCUT2D eigenvalue weighted by Gasteiger charge is 2.21. The Morgan fingerprint density at radius 2 is 2.00 bits per heavy atom. The van der Waals surface area contributed by atoms with E-state index in [4.69, 9.17) is 4.74 Å². The molecule has 0 amide bonds. The predicted octanol–water partition coefficient (Wildman–Crippen LogP) is 3.65. The third kappa shape index (κ3) is 2.85. The maximum Gasteiger partial charge on any atom is 0.193 e. The third-order valence-corrected chi connectivity index (χ3v) is 4.06. The molecule has 3 rings (SSSR count). The molecule has 0 fully saturated rings. The van der Waals surface area contributed by atoms with Crippen molar-refractivity contribution in [2.75, 3.05) is 6.26 Å². The van der Waals surface area contributed by atoms with Gasteiger partial charge in [-0.2, -0.15) is 0 Å². The van der Waals surface area contributed by atoms with Crippen LogP contribution >= 0.6 is 11.8 Å². The van der Waals surface area contributed by atoms with Crippen LogP contribution in [0.5, 0.6) is 11.5 Å². The molecule has 0 aliphatic carbocycles. The summed E-state index contributed by atoms with van der Waals surface area (Å²) in [6.07, 6.45) is 2.44. The first-order valence-electron chi connectivity index (χ1n) is 6.66. The summed E-state index contributed by atoms with van der Waals surface area (Å²) in [5.74, 6) is 1.32. The number of hydrogen-bond donors (Lipinski definition) is 0. The molecule has 0 unspecified atom stereocenters. The van der Waals surface area contributed by atoms with Gasteiger partial charge in [-0.25, -0.2) is 0 Å². The lowest BCUT2D eigenvalue weighted by Crippen LogP contribution is -2.02. The Hall–Kier alpha value is -2.07. The number of hydrogen-bond acceptors (Lipinski definition) is 4. The van der Waals surface area contributed by atoms with Crippen molar-refractivity contribution in [1.29, 1.82) is 0 Å². The fraction of sp³-hybridized carbons (Fsp3) is 0.176. The number of ketones is 1. The maximum absolute atomic E-state index is 12.3. The highest BCUT2D eigenvalue weighted by Crippen LogP contribution is 2.34. The van der Waals surface area contributed by atoms with Crippen molar-refractivity contribution in [3.05, 3.63) is 59.2 Å². The van der Waals surface area contributed by atoms with Crippen LogP contribution in [-0.4, -0.2) is 17.2 Å². The van der Waals surface area contributed by atoms with Crippen LogP contribution in [0.2, 0.25) is 0 Å². The molecule has 2 aromatic carbocycles. The van der Waals surface area contributed by atoms with E-state index in [1.165, 1.54) is 11.8 Å². The number of carbonyl (C=O) groups excluding carboxylic acids is 2. The Morgan fingerprint density at radius 1 is 1.19 bits per heavy atom. The number of rotatable bonds is 2. The Bertz CT molecular complexity index is 722. The average molecular weight is 298 g/mol. The van der Waals surface area contributed by atoms with Crippen molar-refractivity contribution in [2.24, 2.45) is 0 Å². The molecular formula is C17H14O3S.